The summed E-state index contributed by atoms with van der Waals surface area (Å²) >= 11 is 0. The molecule has 116 valence electrons. The molecular formula is C17H27N3O. The molecule has 1 N–H and O–H groups in total. The first-order valence-corrected chi connectivity index (χ1v) is 7.96. The van der Waals surface area contributed by atoms with Crippen molar-refractivity contribution in [1.29, 1.82) is 0 Å². The number of carbonyl (C=O) groups excluding carboxylic acids is 1. The Morgan fingerprint density at radius 3 is 2.90 bits per heavy atom. The van der Waals surface area contributed by atoms with Crippen LogP contribution >= 0.6 is 0 Å². The molecular weight excluding hydrogens is 262 g/mol. The number of pyridine rings is 1. The van der Waals surface area contributed by atoms with Crippen LogP contribution in [0.1, 0.15) is 44.0 Å². The topological polar surface area (TPSA) is 45.2 Å². The van der Waals surface area contributed by atoms with Crippen molar-refractivity contribution in [2.45, 2.75) is 46.1 Å². The molecule has 1 aromatic rings. The van der Waals surface area contributed by atoms with Gasteiger partial charge in [0.1, 0.15) is 0 Å². The first-order valence-electron chi connectivity index (χ1n) is 7.96. The molecule has 2 rings (SSSR count). The number of carbonyl (C=O) groups is 1. The lowest BCUT2D eigenvalue weighted by atomic mass is 9.76. The van der Waals surface area contributed by atoms with Gasteiger partial charge in [-0.25, -0.2) is 0 Å². The normalized spacial score (nSPS) is 22.0. The van der Waals surface area contributed by atoms with E-state index in [-0.39, 0.29) is 11.3 Å². The number of nitrogens with zero attached hydrogens (tertiary/aromatic N) is 2. The van der Waals surface area contributed by atoms with Crippen molar-refractivity contribution in [3.05, 3.63) is 29.6 Å². The van der Waals surface area contributed by atoms with E-state index < -0.39 is 0 Å². The van der Waals surface area contributed by atoms with Crippen LogP contribution in [-0.4, -0.2) is 35.9 Å². The van der Waals surface area contributed by atoms with E-state index in [1.165, 1.54) is 0 Å². The highest BCUT2D eigenvalue weighted by Crippen LogP contribution is 2.33. The molecule has 0 bridgehead atoms. The van der Waals surface area contributed by atoms with Crippen LogP contribution in [0.5, 0.6) is 0 Å². The van der Waals surface area contributed by atoms with Crippen LogP contribution in [0.25, 0.3) is 0 Å². The first-order chi connectivity index (χ1) is 10.1. The molecule has 0 radical (unpaired) electrons. The molecule has 1 unspecified atom stereocenters. The summed E-state index contributed by atoms with van der Waals surface area (Å²) in [5.74, 6) is 0.264. The molecule has 1 fully saturated rings. The Bertz CT molecular complexity index is 475. The van der Waals surface area contributed by atoms with E-state index in [0.717, 1.165) is 50.2 Å². The summed E-state index contributed by atoms with van der Waals surface area (Å²) in [6.45, 7) is 6.57. The van der Waals surface area contributed by atoms with E-state index in [1.54, 1.807) is 0 Å². The van der Waals surface area contributed by atoms with Crippen molar-refractivity contribution < 1.29 is 4.79 Å². The van der Waals surface area contributed by atoms with E-state index >= 15 is 0 Å². The molecule has 0 aromatic carbocycles. The maximum absolute atomic E-state index is 13.0. The quantitative estimate of drug-likeness (QED) is 0.906. The Morgan fingerprint density at radius 2 is 2.29 bits per heavy atom. The minimum Gasteiger partial charge on any atom is -0.339 e. The van der Waals surface area contributed by atoms with Gasteiger partial charge in [-0.15, -0.1) is 0 Å². The van der Waals surface area contributed by atoms with Gasteiger partial charge in [0.25, 0.3) is 0 Å². The number of hydrogen-bond donors (Lipinski definition) is 1. The summed E-state index contributed by atoms with van der Waals surface area (Å²) in [5, 5.41) is 3.41. The van der Waals surface area contributed by atoms with Crippen molar-refractivity contribution in [3.8, 4) is 0 Å². The van der Waals surface area contributed by atoms with Crippen LogP contribution in [0, 0.1) is 12.3 Å². The van der Waals surface area contributed by atoms with Gasteiger partial charge in [-0.05, 0) is 44.9 Å². The molecule has 1 aliphatic heterocycles. The van der Waals surface area contributed by atoms with Gasteiger partial charge in [0.05, 0.1) is 17.7 Å². The fourth-order valence-electron chi connectivity index (χ4n) is 3.36. The summed E-state index contributed by atoms with van der Waals surface area (Å²) < 4.78 is 0. The lowest BCUT2D eigenvalue weighted by Crippen LogP contribution is -2.50. The van der Waals surface area contributed by atoms with Gasteiger partial charge in [0.2, 0.25) is 5.91 Å². The van der Waals surface area contributed by atoms with Crippen LogP contribution in [-0.2, 0) is 11.3 Å². The third-order valence-electron chi connectivity index (χ3n) is 4.35. The Labute approximate surface area is 127 Å². The van der Waals surface area contributed by atoms with Gasteiger partial charge in [-0.1, -0.05) is 19.4 Å². The highest BCUT2D eigenvalue weighted by atomic mass is 16.2. The minimum atomic E-state index is -0.217. The van der Waals surface area contributed by atoms with Crippen LogP contribution in [0.3, 0.4) is 0 Å². The number of aryl methyl sites for hydroxylation is 1. The summed E-state index contributed by atoms with van der Waals surface area (Å²) in [4.78, 5) is 19.3. The number of hydrogen-bond acceptors (Lipinski definition) is 3. The SMILES string of the molecule is CCCC1(C(=O)N(C)Cc2cccc(C)n2)CCCNC1. The average molecular weight is 289 g/mol. The zero-order chi connectivity index (χ0) is 15.3. The lowest BCUT2D eigenvalue weighted by molar-refractivity contribution is -0.143. The Hall–Kier alpha value is -1.42. The van der Waals surface area contributed by atoms with E-state index in [9.17, 15) is 4.79 Å². The second-order valence-electron chi connectivity index (χ2n) is 6.24. The number of amides is 1. The standard InChI is InChI=1S/C17H27N3O/c1-4-9-17(10-6-11-18-13-17)16(21)20(3)12-15-8-5-7-14(2)19-15/h5,7-8,18H,4,6,9-13H2,1-3H3. The molecule has 0 spiro atoms. The van der Waals surface area contributed by atoms with Crippen LogP contribution in [0.15, 0.2) is 18.2 Å². The number of nitrogens with one attached hydrogen (secondary N) is 1. The number of piperidine rings is 1. The number of aromatic nitrogens is 1. The fourth-order valence-corrected chi connectivity index (χ4v) is 3.36. The molecule has 0 saturated carbocycles. The predicted molar refractivity (Wildman–Crippen MR) is 84.9 cm³/mol. The molecule has 1 aliphatic rings. The van der Waals surface area contributed by atoms with Gasteiger partial charge < -0.3 is 10.2 Å². The predicted octanol–water partition coefficient (Wildman–Crippen LogP) is 2.52. The summed E-state index contributed by atoms with van der Waals surface area (Å²) in [7, 11) is 1.90. The lowest BCUT2D eigenvalue weighted by Gasteiger charge is -2.39. The zero-order valence-corrected chi connectivity index (χ0v) is 13.5. The summed E-state index contributed by atoms with van der Waals surface area (Å²) in [6.07, 6.45) is 4.09. The van der Waals surface area contributed by atoms with Gasteiger partial charge in [-0.2, -0.15) is 0 Å². The van der Waals surface area contributed by atoms with Crippen molar-refractivity contribution in [2.75, 3.05) is 20.1 Å². The summed E-state index contributed by atoms with van der Waals surface area (Å²) in [5.41, 5.74) is 1.74. The monoisotopic (exact) mass is 289 g/mol. The van der Waals surface area contributed by atoms with Crippen LogP contribution in [0.2, 0.25) is 0 Å². The Morgan fingerprint density at radius 1 is 1.48 bits per heavy atom. The van der Waals surface area contributed by atoms with Gasteiger partial charge >= 0.3 is 0 Å². The van der Waals surface area contributed by atoms with E-state index in [1.807, 2.05) is 37.1 Å². The highest BCUT2D eigenvalue weighted by molar-refractivity contribution is 5.83. The molecule has 4 heteroatoms. The van der Waals surface area contributed by atoms with Gasteiger partial charge in [0.15, 0.2) is 0 Å². The second kappa shape index (κ2) is 7.03. The third kappa shape index (κ3) is 3.82. The summed E-state index contributed by atoms with van der Waals surface area (Å²) in [6, 6.07) is 5.97. The average Bonchev–Trinajstić information content (AvgIpc) is 2.47. The second-order valence-corrected chi connectivity index (χ2v) is 6.24. The van der Waals surface area contributed by atoms with Crippen molar-refractivity contribution in [2.24, 2.45) is 5.41 Å². The van der Waals surface area contributed by atoms with Crippen molar-refractivity contribution >= 4 is 5.91 Å². The molecule has 0 aliphatic carbocycles. The van der Waals surface area contributed by atoms with E-state index in [4.69, 9.17) is 0 Å². The molecule has 21 heavy (non-hydrogen) atoms. The first kappa shape index (κ1) is 16.0. The Balaban J connectivity index is 2.09. The van der Waals surface area contributed by atoms with Crippen molar-refractivity contribution in [1.82, 2.24) is 15.2 Å². The molecule has 1 saturated heterocycles. The molecule has 1 amide bonds. The van der Waals surface area contributed by atoms with E-state index in [0.29, 0.717) is 6.54 Å². The molecule has 1 aromatic heterocycles. The smallest absolute Gasteiger partial charge is 0.230 e. The zero-order valence-electron chi connectivity index (χ0n) is 13.5. The molecule has 4 nitrogen and oxygen atoms in total. The maximum atomic E-state index is 13.0. The fraction of sp³-hybridized carbons (Fsp3) is 0.647. The van der Waals surface area contributed by atoms with Gasteiger partial charge in [-0.3, -0.25) is 9.78 Å². The van der Waals surface area contributed by atoms with E-state index in [2.05, 4.69) is 17.2 Å². The highest BCUT2D eigenvalue weighted by Gasteiger charge is 2.40. The van der Waals surface area contributed by atoms with Crippen LogP contribution in [0.4, 0.5) is 0 Å². The molecule has 2 heterocycles. The third-order valence-corrected chi connectivity index (χ3v) is 4.35. The Kier molecular flexibility index (Phi) is 5.34. The van der Waals surface area contributed by atoms with Crippen molar-refractivity contribution in [3.63, 3.8) is 0 Å². The van der Waals surface area contributed by atoms with Gasteiger partial charge in [0, 0.05) is 19.3 Å². The largest absolute Gasteiger partial charge is 0.339 e. The maximum Gasteiger partial charge on any atom is 0.230 e. The number of rotatable bonds is 5. The van der Waals surface area contributed by atoms with Crippen LogP contribution < -0.4 is 5.32 Å². The minimum absolute atomic E-state index is 0.217. The molecule has 1 atom stereocenters.